The van der Waals surface area contributed by atoms with Gasteiger partial charge in [0.2, 0.25) is 6.10 Å². The largest absolute Gasteiger partial charge is 0.487 e. The molecule has 2 heterocycles. The summed E-state index contributed by atoms with van der Waals surface area (Å²) in [4.78, 5) is 18.6. The van der Waals surface area contributed by atoms with Crippen molar-refractivity contribution in [2.45, 2.75) is 12.7 Å². The highest BCUT2D eigenvalue weighted by Crippen LogP contribution is 2.13. The molecule has 0 radical (unpaired) electrons. The number of aldehydes is 1. The van der Waals surface area contributed by atoms with Crippen LogP contribution in [0.25, 0.3) is 0 Å². The zero-order valence-corrected chi connectivity index (χ0v) is 8.45. The maximum atomic E-state index is 10.7. The van der Waals surface area contributed by atoms with Crippen LogP contribution in [0.15, 0.2) is 42.8 Å². The zero-order chi connectivity index (χ0) is 11.2. The lowest BCUT2D eigenvalue weighted by molar-refractivity contribution is -0.115. The van der Waals surface area contributed by atoms with Gasteiger partial charge in [-0.1, -0.05) is 0 Å². The van der Waals surface area contributed by atoms with E-state index in [1.165, 1.54) is 6.26 Å². The predicted molar refractivity (Wildman–Crippen MR) is 55.0 cm³/mol. The molecular weight excluding hydrogens is 208 g/mol. The number of nitrogens with zero attached hydrogens (tertiary/aromatic N) is 2. The van der Waals surface area contributed by atoms with E-state index in [-0.39, 0.29) is 6.61 Å². The molecule has 0 saturated heterocycles. The fourth-order valence-electron chi connectivity index (χ4n) is 1.22. The Hall–Kier alpha value is -2.17. The van der Waals surface area contributed by atoms with Crippen LogP contribution >= 0.6 is 0 Å². The minimum Gasteiger partial charge on any atom is -0.487 e. The average Bonchev–Trinajstić information content (AvgIpc) is 2.38. The number of carbonyl (C=O) groups excluding carboxylic acids is 1. The Kier molecular flexibility index (Phi) is 3.28. The van der Waals surface area contributed by atoms with Crippen LogP contribution in [0.3, 0.4) is 0 Å². The molecule has 16 heavy (non-hydrogen) atoms. The Morgan fingerprint density at radius 3 is 3.19 bits per heavy atom. The van der Waals surface area contributed by atoms with Crippen LogP contribution in [0, 0.1) is 0 Å². The van der Waals surface area contributed by atoms with Crippen molar-refractivity contribution in [3.05, 3.63) is 48.5 Å². The average molecular weight is 218 g/mol. The summed E-state index contributed by atoms with van der Waals surface area (Å²) in [6, 6.07) is 0. The molecule has 0 fully saturated rings. The van der Waals surface area contributed by atoms with Crippen molar-refractivity contribution in [3.63, 3.8) is 0 Å². The summed E-state index contributed by atoms with van der Waals surface area (Å²) in [5.41, 5.74) is 0.697. The third kappa shape index (κ3) is 2.44. The minimum absolute atomic E-state index is 0.265. The highest BCUT2D eigenvalue weighted by atomic mass is 16.5. The molecule has 0 bridgehead atoms. The molecule has 1 aromatic heterocycles. The van der Waals surface area contributed by atoms with Gasteiger partial charge in [-0.15, -0.1) is 0 Å². The van der Waals surface area contributed by atoms with Crippen LogP contribution in [-0.4, -0.2) is 22.4 Å². The molecule has 0 saturated carbocycles. The number of hydrogen-bond acceptors (Lipinski definition) is 5. The quantitative estimate of drug-likeness (QED) is 0.705. The summed E-state index contributed by atoms with van der Waals surface area (Å²) in [5, 5.41) is 0. The van der Waals surface area contributed by atoms with Gasteiger partial charge in [-0.05, 0) is 12.2 Å². The van der Waals surface area contributed by atoms with E-state index in [1.54, 1.807) is 30.7 Å². The standard InChI is InChI=1S/C11H10N2O3/c14-7-11-10(2-1-5-15-11)16-8-9-6-12-3-4-13-9/h1-7,11H,8H2. The molecule has 0 amide bonds. The summed E-state index contributed by atoms with van der Waals surface area (Å²) in [7, 11) is 0. The zero-order valence-electron chi connectivity index (χ0n) is 8.45. The highest BCUT2D eigenvalue weighted by molar-refractivity contribution is 5.61. The van der Waals surface area contributed by atoms with Crippen molar-refractivity contribution >= 4 is 6.29 Å². The molecule has 1 aliphatic rings. The van der Waals surface area contributed by atoms with Crippen LogP contribution in [-0.2, 0) is 20.9 Å². The number of rotatable bonds is 4. The predicted octanol–water partition coefficient (Wildman–Crippen LogP) is 0.988. The normalized spacial score (nSPS) is 18.5. The molecule has 82 valence electrons. The van der Waals surface area contributed by atoms with Crippen molar-refractivity contribution in [3.8, 4) is 0 Å². The summed E-state index contributed by atoms with van der Waals surface area (Å²) < 4.78 is 10.5. The smallest absolute Gasteiger partial charge is 0.209 e. The van der Waals surface area contributed by atoms with Gasteiger partial charge in [0, 0.05) is 12.4 Å². The van der Waals surface area contributed by atoms with Gasteiger partial charge in [-0.25, -0.2) is 0 Å². The van der Waals surface area contributed by atoms with E-state index in [0.717, 1.165) is 0 Å². The molecule has 0 N–H and O–H groups in total. The minimum atomic E-state index is -0.665. The molecule has 2 rings (SSSR count). The lowest BCUT2D eigenvalue weighted by Gasteiger charge is -2.17. The molecule has 0 spiro atoms. The van der Waals surface area contributed by atoms with E-state index in [0.29, 0.717) is 17.7 Å². The Bertz CT molecular complexity index is 414. The van der Waals surface area contributed by atoms with Crippen molar-refractivity contribution in [2.75, 3.05) is 0 Å². The second kappa shape index (κ2) is 5.06. The number of aromatic nitrogens is 2. The van der Waals surface area contributed by atoms with Crippen LogP contribution in [0.4, 0.5) is 0 Å². The van der Waals surface area contributed by atoms with Crippen molar-refractivity contribution < 1.29 is 14.3 Å². The van der Waals surface area contributed by atoms with Gasteiger partial charge in [0.1, 0.15) is 12.4 Å². The third-order valence-electron chi connectivity index (χ3n) is 1.97. The maximum absolute atomic E-state index is 10.7. The van der Waals surface area contributed by atoms with Crippen molar-refractivity contribution in [1.82, 2.24) is 9.97 Å². The molecule has 5 heteroatoms. The van der Waals surface area contributed by atoms with Crippen molar-refractivity contribution in [1.29, 1.82) is 0 Å². The molecule has 1 aliphatic heterocycles. The van der Waals surface area contributed by atoms with Gasteiger partial charge in [-0.3, -0.25) is 14.8 Å². The summed E-state index contributed by atoms with van der Waals surface area (Å²) >= 11 is 0. The Balaban J connectivity index is 1.97. The molecule has 1 atom stereocenters. The second-order valence-electron chi connectivity index (χ2n) is 3.08. The number of carbonyl (C=O) groups is 1. The van der Waals surface area contributed by atoms with E-state index >= 15 is 0 Å². The first-order valence-electron chi connectivity index (χ1n) is 4.75. The van der Waals surface area contributed by atoms with E-state index in [2.05, 4.69) is 9.97 Å². The van der Waals surface area contributed by atoms with Crippen LogP contribution in [0.1, 0.15) is 5.69 Å². The van der Waals surface area contributed by atoms with E-state index in [9.17, 15) is 4.79 Å². The van der Waals surface area contributed by atoms with Crippen LogP contribution in [0.5, 0.6) is 0 Å². The van der Waals surface area contributed by atoms with Crippen LogP contribution in [0.2, 0.25) is 0 Å². The van der Waals surface area contributed by atoms with E-state index in [1.807, 2.05) is 0 Å². The van der Waals surface area contributed by atoms with Gasteiger partial charge in [0.05, 0.1) is 18.2 Å². The van der Waals surface area contributed by atoms with Gasteiger partial charge >= 0.3 is 0 Å². The lowest BCUT2D eigenvalue weighted by Crippen LogP contribution is -2.19. The summed E-state index contributed by atoms with van der Waals surface area (Å²) in [6.07, 6.45) is 9.62. The first-order valence-corrected chi connectivity index (χ1v) is 4.75. The SMILES string of the molecule is O=CC1OC=CC=C1OCc1cnccn1. The fraction of sp³-hybridized carbons (Fsp3) is 0.182. The molecule has 0 aliphatic carbocycles. The third-order valence-corrected chi connectivity index (χ3v) is 1.97. The fourth-order valence-corrected chi connectivity index (χ4v) is 1.22. The lowest BCUT2D eigenvalue weighted by atomic mass is 10.2. The van der Waals surface area contributed by atoms with Crippen molar-refractivity contribution in [2.24, 2.45) is 0 Å². The van der Waals surface area contributed by atoms with Gasteiger partial charge in [0.25, 0.3) is 0 Å². The Morgan fingerprint density at radius 2 is 2.44 bits per heavy atom. The first-order chi connectivity index (χ1) is 7.90. The first kappa shape index (κ1) is 10.4. The van der Waals surface area contributed by atoms with E-state index in [4.69, 9.17) is 9.47 Å². The van der Waals surface area contributed by atoms with E-state index < -0.39 is 6.10 Å². The maximum Gasteiger partial charge on any atom is 0.209 e. The number of ether oxygens (including phenoxy) is 2. The Labute approximate surface area is 92.4 Å². The van der Waals surface area contributed by atoms with Gasteiger partial charge in [0.15, 0.2) is 6.29 Å². The monoisotopic (exact) mass is 218 g/mol. The molecule has 1 aromatic rings. The summed E-state index contributed by atoms with van der Waals surface area (Å²) in [5.74, 6) is 0.475. The molecular formula is C11H10N2O3. The Morgan fingerprint density at radius 1 is 1.50 bits per heavy atom. The topological polar surface area (TPSA) is 61.3 Å². The molecule has 5 nitrogen and oxygen atoms in total. The number of hydrogen-bond donors (Lipinski definition) is 0. The van der Waals surface area contributed by atoms with Gasteiger partial charge in [-0.2, -0.15) is 0 Å². The molecule has 1 unspecified atom stereocenters. The van der Waals surface area contributed by atoms with Crippen LogP contribution < -0.4 is 0 Å². The van der Waals surface area contributed by atoms with Gasteiger partial charge < -0.3 is 9.47 Å². The molecule has 0 aromatic carbocycles. The second-order valence-corrected chi connectivity index (χ2v) is 3.08. The number of allylic oxidation sites excluding steroid dienone is 2. The summed E-state index contributed by atoms with van der Waals surface area (Å²) in [6.45, 7) is 0.265. The highest BCUT2D eigenvalue weighted by Gasteiger charge is 2.17.